The SMILES string of the molecule is Cc1cccc(NC(c2cccs2)C(C)C)c1[N+](=O)[O-]. The van der Waals surface area contributed by atoms with Crippen LogP contribution in [-0.4, -0.2) is 4.92 Å². The van der Waals surface area contributed by atoms with Crippen molar-refractivity contribution >= 4 is 22.7 Å². The molecule has 0 amide bonds. The molecule has 1 aromatic carbocycles. The van der Waals surface area contributed by atoms with Crippen molar-refractivity contribution in [2.75, 3.05) is 5.32 Å². The van der Waals surface area contributed by atoms with E-state index in [1.54, 1.807) is 30.4 Å². The van der Waals surface area contributed by atoms with Crippen molar-refractivity contribution < 1.29 is 4.92 Å². The number of aryl methyl sites for hydroxylation is 1. The van der Waals surface area contributed by atoms with Crippen molar-refractivity contribution in [3.05, 3.63) is 56.3 Å². The van der Waals surface area contributed by atoms with E-state index in [-0.39, 0.29) is 16.7 Å². The molecule has 1 N–H and O–H groups in total. The lowest BCUT2D eigenvalue weighted by Gasteiger charge is -2.22. The standard InChI is InChI=1S/C15H18N2O2S/c1-10(2)14(13-8-5-9-20-13)16-12-7-4-6-11(3)15(12)17(18)19/h4-10,14,16H,1-3H3. The van der Waals surface area contributed by atoms with Gasteiger partial charge in [0.15, 0.2) is 0 Å². The molecule has 106 valence electrons. The number of nitro benzene ring substituents is 1. The third-order valence-corrected chi connectivity index (χ3v) is 4.20. The molecule has 20 heavy (non-hydrogen) atoms. The average Bonchev–Trinajstić information content (AvgIpc) is 2.88. The molecule has 0 saturated heterocycles. The lowest BCUT2D eigenvalue weighted by molar-refractivity contribution is -0.384. The number of nitrogens with zero attached hydrogens (tertiary/aromatic N) is 1. The summed E-state index contributed by atoms with van der Waals surface area (Å²) in [7, 11) is 0. The number of para-hydroxylation sites is 1. The zero-order chi connectivity index (χ0) is 14.7. The van der Waals surface area contributed by atoms with Crippen LogP contribution in [0.15, 0.2) is 35.7 Å². The largest absolute Gasteiger partial charge is 0.372 e. The van der Waals surface area contributed by atoms with Crippen molar-refractivity contribution in [1.29, 1.82) is 0 Å². The Morgan fingerprint density at radius 1 is 1.25 bits per heavy atom. The van der Waals surface area contributed by atoms with Crippen LogP contribution in [0.5, 0.6) is 0 Å². The minimum Gasteiger partial charge on any atom is -0.372 e. The topological polar surface area (TPSA) is 55.2 Å². The van der Waals surface area contributed by atoms with E-state index in [0.717, 1.165) is 0 Å². The Labute approximate surface area is 122 Å². The highest BCUT2D eigenvalue weighted by atomic mass is 32.1. The van der Waals surface area contributed by atoms with Crippen LogP contribution in [0.1, 0.15) is 30.3 Å². The van der Waals surface area contributed by atoms with Gasteiger partial charge in [-0.3, -0.25) is 10.1 Å². The molecule has 1 unspecified atom stereocenters. The summed E-state index contributed by atoms with van der Waals surface area (Å²) in [5.74, 6) is 0.341. The first kappa shape index (κ1) is 14.5. The predicted molar refractivity (Wildman–Crippen MR) is 83.4 cm³/mol. The van der Waals surface area contributed by atoms with Gasteiger partial charge in [-0.15, -0.1) is 11.3 Å². The van der Waals surface area contributed by atoms with E-state index in [0.29, 0.717) is 17.2 Å². The van der Waals surface area contributed by atoms with Gasteiger partial charge in [-0.25, -0.2) is 0 Å². The van der Waals surface area contributed by atoms with Crippen LogP contribution >= 0.6 is 11.3 Å². The Hall–Kier alpha value is -1.88. The second-order valence-corrected chi connectivity index (χ2v) is 6.09. The highest BCUT2D eigenvalue weighted by molar-refractivity contribution is 7.10. The van der Waals surface area contributed by atoms with Crippen LogP contribution in [0.25, 0.3) is 0 Å². The Bertz CT molecular complexity index is 594. The molecule has 1 heterocycles. The molecule has 0 radical (unpaired) electrons. The fraction of sp³-hybridized carbons (Fsp3) is 0.333. The molecular formula is C15H18N2O2S. The molecule has 0 aliphatic rings. The number of hydrogen-bond donors (Lipinski definition) is 1. The molecule has 5 heteroatoms. The lowest BCUT2D eigenvalue weighted by atomic mass is 10.0. The van der Waals surface area contributed by atoms with E-state index < -0.39 is 0 Å². The fourth-order valence-corrected chi connectivity index (χ4v) is 3.17. The van der Waals surface area contributed by atoms with E-state index in [4.69, 9.17) is 0 Å². The Balaban J connectivity index is 2.37. The molecule has 0 bridgehead atoms. The normalized spacial score (nSPS) is 12.4. The first-order valence-corrected chi connectivity index (χ1v) is 7.42. The molecule has 1 aromatic heterocycles. The second kappa shape index (κ2) is 6.05. The maximum absolute atomic E-state index is 11.2. The Morgan fingerprint density at radius 3 is 2.55 bits per heavy atom. The zero-order valence-corrected chi connectivity index (χ0v) is 12.6. The van der Waals surface area contributed by atoms with Gasteiger partial charge in [-0.1, -0.05) is 32.0 Å². The summed E-state index contributed by atoms with van der Waals surface area (Å²) in [4.78, 5) is 12.1. The lowest BCUT2D eigenvalue weighted by Crippen LogP contribution is -2.16. The highest BCUT2D eigenvalue weighted by Gasteiger charge is 2.22. The summed E-state index contributed by atoms with van der Waals surface area (Å²) < 4.78 is 0. The van der Waals surface area contributed by atoms with E-state index in [9.17, 15) is 10.1 Å². The van der Waals surface area contributed by atoms with E-state index >= 15 is 0 Å². The number of benzene rings is 1. The van der Waals surface area contributed by atoms with Gasteiger partial charge in [-0.05, 0) is 30.4 Å². The van der Waals surface area contributed by atoms with Gasteiger partial charge in [0.25, 0.3) is 5.69 Å². The van der Waals surface area contributed by atoms with Crippen LogP contribution in [0, 0.1) is 23.0 Å². The molecule has 0 spiro atoms. The molecule has 0 saturated carbocycles. The van der Waals surface area contributed by atoms with Crippen molar-refractivity contribution in [2.24, 2.45) is 5.92 Å². The summed E-state index contributed by atoms with van der Waals surface area (Å²) in [6.45, 7) is 5.98. The maximum Gasteiger partial charge on any atom is 0.295 e. The molecule has 0 fully saturated rings. The smallest absolute Gasteiger partial charge is 0.295 e. The van der Waals surface area contributed by atoms with Gasteiger partial charge in [0.1, 0.15) is 5.69 Å². The minimum absolute atomic E-state index is 0.0792. The summed E-state index contributed by atoms with van der Waals surface area (Å²) in [6, 6.07) is 9.52. The van der Waals surface area contributed by atoms with Crippen LogP contribution in [0.2, 0.25) is 0 Å². The average molecular weight is 290 g/mol. The van der Waals surface area contributed by atoms with Crippen molar-refractivity contribution in [2.45, 2.75) is 26.8 Å². The van der Waals surface area contributed by atoms with Gasteiger partial charge in [-0.2, -0.15) is 0 Å². The highest BCUT2D eigenvalue weighted by Crippen LogP contribution is 2.35. The van der Waals surface area contributed by atoms with E-state index in [1.807, 2.05) is 17.5 Å². The number of hydrogen-bond acceptors (Lipinski definition) is 4. The first-order chi connectivity index (χ1) is 9.50. The quantitative estimate of drug-likeness (QED) is 0.637. The molecule has 4 nitrogen and oxygen atoms in total. The molecule has 2 rings (SSSR count). The van der Waals surface area contributed by atoms with Crippen LogP contribution < -0.4 is 5.32 Å². The van der Waals surface area contributed by atoms with Gasteiger partial charge in [0.05, 0.1) is 11.0 Å². The predicted octanol–water partition coefficient (Wildman–Crippen LogP) is 4.77. The minimum atomic E-state index is -0.316. The Kier molecular flexibility index (Phi) is 4.39. The van der Waals surface area contributed by atoms with E-state index in [1.165, 1.54) is 4.88 Å². The maximum atomic E-state index is 11.2. The third-order valence-electron chi connectivity index (χ3n) is 3.25. The van der Waals surface area contributed by atoms with Gasteiger partial charge in [0, 0.05) is 10.4 Å². The molecule has 0 aliphatic carbocycles. The summed E-state index contributed by atoms with van der Waals surface area (Å²) in [5.41, 5.74) is 1.42. The third kappa shape index (κ3) is 2.99. The van der Waals surface area contributed by atoms with Crippen molar-refractivity contribution in [3.8, 4) is 0 Å². The second-order valence-electron chi connectivity index (χ2n) is 5.11. The van der Waals surface area contributed by atoms with Crippen LogP contribution in [-0.2, 0) is 0 Å². The first-order valence-electron chi connectivity index (χ1n) is 6.54. The Morgan fingerprint density at radius 2 is 2.00 bits per heavy atom. The molecule has 1 atom stereocenters. The van der Waals surface area contributed by atoms with Gasteiger partial charge in [0.2, 0.25) is 0 Å². The number of anilines is 1. The number of nitro groups is 1. The number of rotatable bonds is 5. The summed E-state index contributed by atoms with van der Waals surface area (Å²) in [6.07, 6.45) is 0. The number of thiophene rings is 1. The monoisotopic (exact) mass is 290 g/mol. The van der Waals surface area contributed by atoms with Crippen LogP contribution in [0.3, 0.4) is 0 Å². The molecular weight excluding hydrogens is 272 g/mol. The van der Waals surface area contributed by atoms with Crippen LogP contribution in [0.4, 0.5) is 11.4 Å². The van der Waals surface area contributed by atoms with Gasteiger partial charge < -0.3 is 5.32 Å². The van der Waals surface area contributed by atoms with Crippen molar-refractivity contribution in [1.82, 2.24) is 0 Å². The summed E-state index contributed by atoms with van der Waals surface area (Å²) >= 11 is 1.66. The molecule has 2 aromatic rings. The van der Waals surface area contributed by atoms with Gasteiger partial charge >= 0.3 is 0 Å². The fourth-order valence-electron chi connectivity index (χ4n) is 2.22. The van der Waals surface area contributed by atoms with E-state index in [2.05, 4.69) is 25.2 Å². The van der Waals surface area contributed by atoms with Crippen molar-refractivity contribution in [3.63, 3.8) is 0 Å². The zero-order valence-electron chi connectivity index (χ0n) is 11.8. The number of nitrogens with one attached hydrogen (secondary N) is 1. The molecule has 0 aliphatic heterocycles. The summed E-state index contributed by atoms with van der Waals surface area (Å²) in [5, 5.41) is 16.6.